The quantitative estimate of drug-likeness (QED) is 0.637. The third-order valence-electron chi connectivity index (χ3n) is 2.43. The van der Waals surface area contributed by atoms with Crippen LogP contribution in [0.5, 0.6) is 0 Å². The average molecular weight is 266 g/mol. The molecule has 5 nitrogen and oxygen atoms in total. The van der Waals surface area contributed by atoms with Gasteiger partial charge in [-0.15, -0.1) is 0 Å². The lowest BCUT2D eigenvalue weighted by molar-refractivity contribution is -0.136. The fourth-order valence-electron chi connectivity index (χ4n) is 1.17. The molecule has 17 heavy (non-hydrogen) atoms. The van der Waals surface area contributed by atoms with Crippen LogP contribution in [0.2, 0.25) is 0 Å². The van der Waals surface area contributed by atoms with Crippen LogP contribution in [-0.4, -0.2) is 43.7 Å². The van der Waals surface area contributed by atoms with Gasteiger partial charge in [0.2, 0.25) is 0 Å². The number of carbonyl (C=O) groups is 1. The first-order valence-electron chi connectivity index (χ1n) is 5.76. The van der Waals surface area contributed by atoms with Crippen LogP contribution in [-0.2, 0) is 19.4 Å². The Balaban J connectivity index is 3.90. The molecule has 0 heterocycles. The molecule has 1 N–H and O–H groups in total. The summed E-state index contributed by atoms with van der Waals surface area (Å²) in [5.74, 6) is -0.682. The van der Waals surface area contributed by atoms with Crippen molar-refractivity contribution in [2.24, 2.45) is 5.92 Å². The molecule has 0 aromatic rings. The predicted octanol–water partition coefficient (Wildman–Crippen LogP) is 1.33. The van der Waals surface area contributed by atoms with E-state index in [-0.39, 0.29) is 18.8 Å². The summed E-state index contributed by atoms with van der Waals surface area (Å²) in [5.41, 5.74) is 0. The van der Waals surface area contributed by atoms with E-state index in [9.17, 15) is 13.2 Å². The van der Waals surface area contributed by atoms with E-state index in [0.717, 1.165) is 6.42 Å². The van der Waals surface area contributed by atoms with Crippen LogP contribution in [0.15, 0.2) is 0 Å². The predicted molar refractivity (Wildman–Crippen MR) is 65.8 cm³/mol. The van der Waals surface area contributed by atoms with E-state index in [1.807, 2.05) is 0 Å². The summed E-state index contributed by atoms with van der Waals surface area (Å²) in [4.78, 5) is 10.4. The fraction of sp³-hybridized carbons (Fsp3) is 0.909. The molecule has 0 aromatic heterocycles. The standard InChI is InChI=1S/C11H22O5S/c1-9(2)4-5-16-6-7-17(14,15)10(3)8-11(12)13/h9-10H,4-8H2,1-3H3,(H,12,13). The lowest BCUT2D eigenvalue weighted by Crippen LogP contribution is -2.26. The Morgan fingerprint density at radius 2 is 1.82 bits per heavy atom. The van der Waals surface area contributed by atoms with Crippen LogP contribution in [0.1, 0.15) is 33.6 Å². The topological polar surface area (TPSA) is 80.7 Å². The van der Waals surface area contributed by atoms with Gasteiger partial charge in [0.1, 0.15) is 0 Å². The molecule has 1 atom stereocenters. The third kappa shape index (κ3) is 8.15. The molecule has 6 heteroatoms. The summed E-state index contributed by atoms with van der Waals surface area (Å²) in [7, 11) is -3.36. The SMILES string of the molecule is CC(C)CCOCCS(=O)(=O)C(C)CC(=O)O. The normalized spacial score (nSPS) is 13.9. The van der Waals surface area contributed by atoms with Gasteiger partial charge >= 0.3 is 5.97 Å². The summed E-state index contributed by atoms with van der Waals surface area (Å²) in [6.45, 7) is 6.22. The maximum Gasteiger partial charge on any atom is 0.304 e. The summed E-state index contributed by atoms with van der Waals surface area (Å²) in [6, 6.07) is 0. The molecule has 0 spiro atoms. The van der Waals surface area contributed by atoms with Crippen molar-refractivity contribution >= 4 is 15.8 Å². The van der Waals surface area contributed by atoms with Gasteiger partial charge in [-0.1, -0.05) is 13.8 Å². The highest BCUT2D eigenvalue weighted by atomic mass is 32.2. The molecule has 0 saturated carbocycles. The summed E-state index contributed by atoms with van der Waals surface area (Å²) in [6.07, 6.45) is 0.541. The first kappa shape index (κ1) is 16.4. The van der Waals surface area contributed by atoms with E-state index in [1.54, 1.807) is 0 Å². The van der Waals surface area contributed by atoms with Crippen LogP contribution in [0.25, 0.3) is 0 Å². The maximum absolute atomic E-state index is 11.6. The van der Waals surface area contributed by atoms with Crippen LogP contribution >= 0.6 is 0 Å². The minimum Gasteiger partial charge on any atom is -0.481 e. The molecule has 0 saturated heterocycles. The first-order valence-corrected chi connectivity index (χ1v) is 7.48. The Labute approximate surface area is 103 Å². The van der Waals surface area contributed by atoms with E-state index in [1.165, 1.54) is 6.92 Å². The molecule has 0 rings (SSSR count). The van der Waals surface area contributed by atoms with Gasteiger partial charge in [-0.05, 0) is 19.3 Å². The summed E-state index contributed by atoms with van der Waals surface area (Å²) < 4.78 is 28.4. The van der Waals surface area contributed by atoms with Crippen molar-refractivity contribution in [2.45, 2.75) is 38.9 Å². The molecule has 0 aliphatic carbocycles. The second-order valence-electron chi connectivity index (χ2n) is 4.57. The lowest BCUT2D eigenvalue weighted by atomic mass is 10.1. The zero-order valence-electron chi connectivity index (χ0n) is 10.7. The number of carboxylic acids is 1. The highest BCUT2D eigenvalue weighted by Gasteiger charge is 2.22. The minimum atomic E-state index is -3.36. The van der Waals surface area contributed by atoms with Gasteiger partial charge < -0.3 is 9.84 Å². The van der Waals surface area contributed by atoms with Crippen LogP contribution in [0.3, 0.4) is 0 Å². The second kappa shape index (κ2) is 7.66. The largest absolute Gasteiger partial charge is 0.481 e. The molecule has 0 aliphatic rings. The van der Waals surface area contributed by atoms with Crippen molar-refractivity contribution in [3.63, 3.8) is 0 Å². The number of aliphatic carboxylic acids is 1. The van der Waals surface area contributed by atoms with Crippen LogP contribution in [0, 0.1) is 5.92 Å². The van der Waals surface area contributed by atoms with Crippen LogP contribution < -0.4 is 0 Å². The van der Waals surface area contributed by atoms with Gasteiger partial charge in [0.05, 0.1) is 24.0 Å². The molecule has 1 unspecified atom stereocenters. The van der Waals surface area contributed by atoms with E-state index in [2.05, 4.69) is 13.8 Å². The molecule has 102 valence electrons. The number of carboxylic acid groups (broad SMARTS) is 1. The Morgan fingerprint density at radius 1 is 1.24 bits per heavy atom. The Kier molecular flexibility index (Phi) is 7.38. The average Bonchev–Trinajstić information content (AvgIpc) is 2.15. The molecule has 0 aliphatic heterocycles. The van der Waals surface area contributed by atoms with Crippen molar-refractivity contribution < 1.29 is 23.1 Å². The van der Waals surface area contributed by atoms with Crippen molar-refractivity contribution in [1.82, 2.24) is 0 Å². The van der Waals surface area contributed by atoms with E-state index >= 15 is 0 Å². The van der Waals surface area contributed by atoms with Gasteiger partial charge in [0.15, 0.2) is 9.84 Å². The van der Waals surface area contributed by atoms with Gasteiger partial charge in [0.25, 0.3) is 0 Å². The molecule has 0 fully saturated rings. The van der Waals surface area contributed by atoms with E-state index in [4.69, 9.17) is 9.84 Å². The van der Waals surface area contributed by atoms with Crippen molar-refractivity contribution in [1.29, 1.82) is 0 Å². The molecule has 0 aromatic carbocycles. The maximum atomic E-state index is 11.6. The van der Waals surface area contributed by atoms with Gasteiger partial charge in [-0.25, -0.2) is 8.42 Å². The van der Waals surface area contributed by atoms with E-state index in [0.29, 0.717) is 12.5 Å². The number of hydrogen-bond acceptors (Lipinski definition) is 4. The Morgan fingerprint density at radius 3 is 2.29 bits per heavy atom. The van der Waals surface area contributed by atoms with E-state index < -0.39 is 21.1 Å². The second-order valence-corrected chi connectivity index (χ2v) is 7.11. The van der Waals surface area contributed by atoms with Crippen LogP contribution in [0.4, 0.5) is 0 Å². The first-order chi connectivity index (χ1) is 7.75. The van der Waals surface area contributed by atoms with Crippen molar-refractivity contribution in [3.8, 4) is 0 Å². The number of ether oxygens (including phenoxy) is 1. The third-order valence-corrected chi connectivity index (χ3v) is 4.56. The Bertz CT molecular complexity index is 321. The monoisotopic (exact) mass is 266 g/mol. The van der Waals surface area contributed by atoms with Gasteiger partial charge in [-0.3, -0.25) is 4.79 Å². The van der Waals surface area contributed by atoms with Gasteiger partial charge in [0, 0.05) is 6.61 Å². The van der Waals surface area contributed by atoms with Gasteiger partial charge in [-0.2, -0.15) is 0 Å². The molecule has 0 radical (unpaired) electrons. The highest BCUT2D eigenvalue weighted by Crippen LogP contribution is 2.07. The lowest BCUT2D eigenvalue weighted by Gasteiger charge is -2.11. The number of sulfone groups is 1. The Hall–Kier alpha value is -0.620. The fourth-order valence-corrected chi connectivity index (χ4v) is 2.32. The summed E-state index contributed by atoms with van der Waals surface area (Å²) >= 11 is 0. The summed E-state index contributed by atoms with van der Waals surface area (Å²) in [5, 5.41) is 7.67. The molecular weight excluding hydrogens is 244 g/mol. The van der Waals surface area contributed by atoms with Crippen molar-refractivity contribution in [2.75, 3.05) is 19.0 Å². The minimum absolute atomic E-state index is 0.112. The molecule has 0 amide bonds. The number of hydrogen-bond donors (Lipinski definition) is 1. The van der Waals surface area contributed by atoms with Crippen molar-refractivity contribution in [3.05, 3.63) is 0 Å². The zero-order chi connectivity index (χ0) is 13.5. The highest BCUT2D eigenvalue weighted by molar-refractivity contribution is 7.92. The zero-order valence-corrected chi connectivity index (χ0v) is 11.5. The molecular formula is C11H22O5S. The smallest absolute Gasteiger partial charge is 0.304 e. The number of rotatable bonds is 9. The molecule has 0 bridgehead atoms.